The predicted molar refractivity (Wildman–Crippen MR) is 206 cm³/mol. The van der Waals surface area contributed by atoms with Crippen molar-refractivity contribution in [2.24, 2.45) is 20.0 Å². The Labute approximate surface area is 290 Å². The summed E-state index contributed by atoms with van der Waals surface area (Å²) in [6.45, 7) is -0.0464. The highest BCUT2D eigenvalue weighted by Crippen LogP contribution is 2.40. The van der Waals surface area contributed by atoms with Crippen molar-refractivity contribution >= 4 is 45.1 Å². The van der Waals surface area contributed by atoms with Crippen molar-refractivity contribution in [3.8, 4) is 0 Å². The molecule has 4 aromatic rings. The lowest BCUT2D eigenvalue weighted by Crippen LogP contribution is -2.03. The van der Waals surface area contributed by atoms with E-state index in [0.29, 0.717) is 0 Å². The van der Waals surface area contributed by atoms with Gasteiger partial charge in [0.25, 0.3) is 0 Å². The second-order valence-electron chi connectivity index (χ2n) is 12.4. The number of hydrogen-bond acceptors (Lipinski definition) is 5. The Morgan fingerprint density at radius 2 is 0.960 bits per heavy atom. The van der Waals surface area contributed by atoms with Crippen LogP contribution in [-0.4, -0.2) is 28.0 Å². The van der Waals surface area contributed by atoms with Crippen molar-refractivity contribution in [3.05, 3.63) is 214 Å². The molecule has 0 fully saturated rings. The second kappa shape index (κ2) is 12.5. The molecule has 4 aromatic carbocycles. The van der Waals surface area contributed by atoms with Gasteiger partial charge in [0.15, 0.2) is 0 Å². The van der Waals surface area contributed by atoms with Crippen LogP contribution in [0.25, 0.3) is 22.3 Å². The minimum absolute atomic E-state index is 0.0464. The normalized spacial score (nSPS) is 17.6. The first kappa shape index (κ1) is 29.6. The molecule has 5 heterocycles. The zero-order chi connectivity index (χ0) is 33.4. The minimum atomic E-state index is -0.0464. The molecule has 0 aromatic heterocycles. The van der Waals surface area contributed by atoms with E-state index in [0.717, 1.165) is 95.7 Å². The second-order valence-corrected chi connectivity index (χ2v) is 12.4. The molecule has 8 bridgehead atoms. The molecule has 0 saturated heterocycles. The zero-order valence-electron chi connectivity index (χ0n) is 27.0. The lowest BCUT2D eigenvalue weighted by atomic mass is 9.92. The highest BCUT2D eigenvalue weighted by atomic mass is 16.3. The standard InChI is InChI=1S/C45H30N4O/c50-28-29-11-10-18-33(25-29)36-27-35-26-34-19-20-37(46-34)42(30-12-4-1-5-13-30)38-21-22-39(48-38)43(31-14-6-2-7-15-31)40-23-24-41(49-40)44(45(36)47-35)32-16-8-3-9-17-32/h1-27,50H,28H2. The van der Waals surface area contributed by atoms with Gasteiger partial charge in [-0.15, -0.1) is 0 Å². The topological polar surface area (TPSA) is 69.7 Å². The predicted octanol–water partition coefficient (Wildman–Crippen LogP) is 9.18. The van der Waals surface area contributed by atoms with E-state index in [9.17, 15) is 5.11 Å². The van der Waals surface area contributed by atoms with Crippen LogP contribution in [0.4, 0.5) is 0 Å². The maximum absolute atomic E-state index is 10.0. The summed E-state index contributed by atoms with van der Waals surface area (Å²) in [4.78, 5) is 21.1. The fourth-order valence-electron chi connectivity index (χ4n) is 6.86. The first-order valence-corrected chi connectivity index (χ1v) is 16.6. The summed E-state index contributed by atoms with van der Waals surface area (Å²) in [5, 5.41) is 10.0. The molecule has 5 aliphatic heterocycles. The van der Waals surface area contributed by atoms with Crippen LogP contribution in [-0.2, 0) is 6.61 Å². The van der Waals surface area contributed by atoms with E-state index >= 15 is 0 Å². The number of fused-ring (bicyclic) bond motifs is 4. The molecule has 1 N–H and O–H groups in total. The maximum atomic E-state index is 10.0. The van der Waals surface area contributed by atoms with Crippen molar-refractivity contribution in [1.82, 2.24) is 0 Å². The van der Waals surface area contributed by atoms with Crippen molar-refractivity contribution < 1.29 is 5.11 Å². The number of allylic oxidation sites excluding steroid dienone is 12. The zero-order valence-corrected chi connectivity index (χ0v) is 27.0. The van der Waals surface area contributed by atoms with E-state index < -0.39 is 0 Å². The quantitative estimate of drug-likeness (QED) is 0.232. The molecule has 0 amide bonds. The Balaban J connectivity index is 1.36. The lowest BCUT2D eigenvalue weighted by Gasteiger charge is -2.14. The van der Waals surface area contributed by atoms with E-state index in [1.807, 2.05) is 84.9 Å². The molecule has 5 nitrogen and oxygen atoms in total. The number of nitrogens with zero attached hydrogens (tertiary/aromatic N) is 4. The maximum Gasteiger partial charge on any atom is 0.0816 e. The SMILES string of the molecule is OCc1cccc(C2=CC3=NC2=C(c2ccccc2)C2=NC(=C(c4ccccc4)C4=NC(=C(c5ccccc5)C5=NC(=C3)C=C5)C=C4)C=C2)c1. The van der Waals surface area contributed by atoms with Gasteiger partial charge in [-0.2, -0.15) is 0 Å². The van der Waals surface area contributed by atoms with E-state index in [4.69, 9.17) is 20.0 Å². The van der Waals surface area contributed by atoms with Crippen molar-refractivity contribution in [1.29, 1.82) is 0 Å². The summed E-state index contributed by atoms with van der Waals surface area (Å²) in [6.07, 6.45) is 16.6. The van der Waals surface area contributed by atoms with Crippen LogP contribution in [0, 0.1) is 0 Å². The van der Waals surface area contributed by atoms with Crippen LogP contribution >= 0.6 is 0 Å². The fraction of sp³-hybridized carbons (Fsp3) is 0.0222. The largest absolute Gasteiger partial charge is 0.392 e. The van der Waals surface area contributed by atoms with E-state index in [1.165, 1.54) is 0 Å². The smallest absolute Gasteiger partial charge is 0.0816 e. The molecule has 236 valence electrons. The van der Waals surface area contributed by atoms with Crippen molar-refractivity contribution in [3.63, 3.8) is 0 Å². The van der Waals surface area contributed by atoms with Gasteiger partial charge < -0.3 is 5.11 Å². The molecular formula is C45H30N4O. The molecular weight excluding hydrogens is 613 g/mol. The number of aliphatic hydroxyl groups excluding tert-OH is 1. The number of aliphatic imine (C=N–C) groups is 4. The van der Waals surface area contributed by atoms with Gasteiger partial charge in [0.2, 0.25) is 0 Å². The van der Waals surface area contributed by atoms with Gasteiger partial charge in [0.1, 0.15) is 0 Å². The summed E-state index contributed by atoms with van der Waals surface area (Å²) in [7, 11) is 0. The van der Waals surface area contributed by atoms with Gasteiger partial charge in [-0.05, 0) is 82.5 Å². The summed E-state index contributed by atoms with van der Waals surface area (Å²) < 4.78 is 0. The van der Waals surface area contributed by atoms with Crippen LogP contribution in [0.5, 0.6) is 0 Å². The van der Waals surface area contributed by atoms with Crippen molar-refractivity contribution in [2.75, 3.05) is 0 Å². The Bertz CT molecular complexity index is 2460. The number of benzene rings is 4. The number of rotatable bonds is 5. The van der Waals surface area contributed by atoms with E-state index in [1.54, 1.807) is 0 Å². The minimum Gasteiger partial charge on any atom is -0.392 e. The van der Waals surface area contributed by atoms with E-state index in [2.05, 4.69) is 78.9 Å². The number of aliphatic hydroxyl groups is 1. The average Bonchev–Trinajstić information content (AvgIpc) is 4.00. The first-order chi connectivity index (χ1) is 24.7. The molecule has 5 aliphatic rings. The van der Waals surface area contributed by atoms with Gasteiger partial charge in [-0.1, -0.05) is 109 Å². The average molecular weight is 643 g/mol. The molecule has 5 heteroatoms. The molecule has 0 unspecified atom stereocenters. The fourth-order valence-corrected chi connectivity index (χ4v) is 6.86. The molecule has 0 spiro atoms. The van der Waals surface area contributed by atoms with Gasteiger partial charge >= 0.3 is 0 Å². The van der Waals surface area contributed by atoms with E-state index in [-0.39, 0.29) is 6.61 Å². The third-order valence-electron chi connectivity index (χ3n) is 9.15. The third kappa shape index (κ3) is 5.36. The summed E-state index contributed by atoms with van der Waals surface area (Å²) in [6, 6.07) is 39.0. The van der Waals surface area contributed by atoms with Gasteiger partial charge in [0.05, 0.1) is 52.2 Å². The molecule has 50 heavy (non-hydrogen) atoms. The molecule has 0 radical (unpaired) electrons. The Morgan fingerprint density at radius 1 is 0.440 bits per heavy atom. The van der Waals surface area contributed by atoms with Crippen LogP contribution in [0.1, 0.15) is 27.8 Å². The van der Waals surface area contributed by atoms with Gasteiger partial charge in [0, 0.05) is 22.3 Å². The van der Waals surface area contributed by atoms with Crippen LogP contribution in [0.15, 0.2) is 207 Å². The summed E-state index contributed by atoms with van der Waals surface area (Å²) in [5.74, 6) is 0. The van der Waals surface area contributed by atoms with Crippen LogP contribution in [0.2, 0.25) is 0 Å². The van der Waals surface area contributed by atoms with Crippen LogP contribution < -0.4 is 0 Å². The Hall–Kier alpha value is -6.56. The van der Waals surface area contributed by atoms with Crippen molar-refractivity contribution in [2.45, 2.75) is 6.61 Å². The monoisotopic (exact) mass is 642 g/mol. The molecule has 0 atom stereocenters. The first-order valence-electron chi connectivity index (χ1n) is 16.6. The number of hydrogen-bond donors (Lipinski definition) is 1. The Morgan fingerprint density at radius 3 is 1.56 bits per heavy atom. The Kier molecular flexibility index (Phi) is 7.38. The molecule has 0 aliphatic carbocycles. The molecule has 0 saturated carbocycles. The van der Waals surface area contributed by atoms with Crippen LogP contribution in [0.3, 0.4) is 0 Å². The lowest BCUT2D eigenvalue weighted by molar-refractivity contribution is 0.282. The summed E-state index contributed by atoms with van der Waals surface area (Å²) in [5.41, 5.74) is 15.2. The van der Waals surface area contributed by atoms with Gasteiger partial charge in [-0.25, -0.2) is 20.0 Å². The molecule has 9 rings (SSSR count). The van der Waals surface area contributed by atoms with Gasteiger partial charge in [-0.3, -0.25) is 0 Å². The highest BCUT2D eigenvalue weighted by Gasteiger charge is 2.28. The summed E-state index contributed by atoms with van der Waals surface area (Å²) >= 11 is 0. The highest BCUT2D eigenvalue weighted by molar-refractivity contribution is 6.38. The third-order valence-corrected chi connectivity index (χ3v) is 9.15.